The van der Waals surface area contributed by atoms with Crippen molar-refractivity contribution in [2.75, 3.05) is 6.54 Å². The molecule has 0 fully saturated rings. The van der Waals surface area contributed by atoms with Gasteiger partial charge in [-0.15, -0.1) is 0 Å². The van der Waals surface area contributed by atoms with Crippen LogP contribution in [0.4, 0.5) is 10.5 Å². The molecule has 0 aliphatic heterocycles. The number of nitro groups is 1. The van der Waals surface area contributed by atoms with Gasteiger partial charge >= 0.3 is 6.09 Å². The number of aromatic nitrogens is 1. The Balaban J connectivity index is 2.62. The maximum atomic E-state index is 11.4. The highest BCUT2D eigenvalue weighted by molar-refractivity contribution is 6.30. The Kier molecular flexibility index (Phi) is 6.34. The van der Waals surface area contributed by atoms with Gasteiger partial charge in [0.2, 0.25) is 0 Å². The molecule has 0 atom stereocenters. The van der Waals surface area contributed by atoms with Crippen molar-refractivity contribution >= 4 is 23.4 Å². The maximum Gasteiger partial charge on any atom is 0.407 e. The molecule has 8 heteroatoms. The summed E-state index contributed by atoms with van der Waals surface area (Å²) in [6, 6.07) is 1.29. The molecule has 0 aromatic carbocycles. The average Bonchev–Trinajstić information content (AvgIpc) is 2.38. The van der Waals surface area contributed by atoms with Crippen molar-refractivity contribution in [1.29, 1.82) is 0 Å². The molecule has 1 aromatic heterocycles. The number of ether oxygens (including phenoxy) is 1. The van der Waals surface area contributed by atoms with Gasteiger partial charge in [0.1, 0.15) is 16.4 Å². The first-order valence-corrected chi connectivity index (χ1v) is 7.25. The minimum atomic E-state index is -0.560. The summed E-state index contributed by atoms with van der Waals surface area (Å²) < 4.78 is 5.07. The minimum Gasteiger partial charge on any atom is -0.444 e. The number of nitrogens with one attached hydrogen (secondary N) is 1. The largest absolute Gasteiger partial charge is 0.444 e. The lowest BCUT2D eigenvalue weighted by Gasteiger charge is -2.19. The molecule has 1 N–H and O–H groups in total. The number of amides is 1. The summed E-state index contributed by atoms with van der Waals surface area (Å²) >= 11 is 5.92. The zero-order chi connectivity index (χ0) is 17.6. The molecule has 0 radical (unpaired) electrons. The topological polar surface area (TPSA) is 94.4 Å². The fourth-order valence-corrected chi connectivity index (χ4v) is 1.77. The standard InChI is InChI=1S/C15H18ClN3O4/c1-10-12(19(21)22)9-11(13(16)18-10)7-5-6-8-17-14(20)23-15(2,3)4/h9H,6,8H2,1-4H3,(H,17,20). The maximum absolute atomic E-state index is 11.4. The first kappa shape index (κ1) is 18.7. The summed E-state index contributed by atoms with van der Waals surface area (Å²) in [4.78, 5) is 25.6. The van der Waals surface area contributed by atoms with Crippen LogP contribution in [0.3, 0.4) is 0 Å². The van der Waals surface area contributed by atoms with Gasteiger partial charge in [0.05, 0.1) is 10.5 Å². The van der Waals surface area contributed by atoms with Crippen LogP contribution < -0.4 is 5.32 Å². The normalized spacial score (nSPS) is 10.5. The van der Waals surface area contributed by atoms with Crippen LogP contribution in [0.1, 0.15) is 38.4 Å². The number of hydrogen-bond acceptors (Lipinski definition) is 5. The van der Waals surface area contributed by atoms with Gasteiger partial charge in [-0.3, -0.25) is 10.1 Å². The Labute approximate surface area is 139 Å². The van der Waals surface area contributed by atoms with Gasteiger partial charge in [-0.1, -0.05) is 23.4 Å². The van der Waals surface area contributed by atoms with E-state index < -0.39 is 16.6 Å². The molecule has 1 heterocycles. The second kappa shape index (κ2) is 7.79. The number of halogens is 1. The molecule has 0 saturated carbocycles. The van der Waals surface area contributed by atoms with Gasteiger partial charge in [-0.05, 0) is 27.7 Å². The third-order valence-electron chi connectivity index (χ3n) is 2.48. The van der Waals surface area contributed by atoms with Gasteiger partial charge in [0.25, 0.3) is 5.69 Å². The summed E-state index contributed by atoms with van der Waals surface area (Å²) in [7, 11) is 0. The first-order valence-electron chi connectivity index (χ1n) is 6.87. The van der Waals surface area contributed by atoms with Crippen LogP contribution >= 0.6 is 11.6 Å². The average molecular weight is 340 g/mol. The SMILES string of the molecule is Cc1nc(Cl)c(C#CCCNC(=O)OC(C)(C)C)cc1[N+](=O)[O-]. The number of carbonyl (C=O) groups excluding carboxylic acids is 1. The number of aryl methyl sites for hydroxylation is 1. The van der Waals surface area contributed by atoms with E-state index in [0.717, 1.165) is 0 Å². The Morgan fingerprint density at radius 2 is 2.17 bits per heavy atom. The molecule has 0 aliphatic rings. The number of nitrogens with zero attached hydrogens (tertiary/aromatic N) is 2. The molecule has 0 saturated heterocycles. The third kappa shape index (κ3) is 6.53. The van der Waals surface area contributed by atoms with Gasteiger partial charge in [-0.2, -0.15) is 0 Å². The number of alkyl carbamates (subject to hydrolysis) is 1. The van der Waals surface area contributed by atoms with Crippen molar-refractivity contribution < 1.29 is 14.5 Å². The summed E-state index contributed by atoms with van der Waals surface area (Å²) in [6.45, 7) is 7.11. The van der Waals surface area contributed by atoms with Crippen molar-refractivity contribution in [2.45, 2.75) is 39.7 Å². The zero-order valence-electron chi connectivity index (χ0n) is 13.4. The van der Waals surface area contributed by atoms with Crippen LogP contribution in [0, 0.1) is 28.9 Å². The van der Waals surface area contributed by atoms with Gasteiger partial charge < -0.3 is 10.1 Å². The highest BCUT2D eigenvalue weighted by Gasteiger charge is 2.16. The number of rotatable bonds is 3. The molecule has 0 spiro atoms. The lowest BCUT2D eigenvalue weighted by Crippen LogP contribution is -2.32. The van der Waals surface area contributed by atoms with E-state index in [1.54, 1.807) is 20.8 Å². The van der Waals surface area contributed by atoms with Crippen molar-refractivity contribution in [3.63, 3.8) is 0 Å². The Bertz CT molecular complexity index is 672. The second-order valence-corrected chi connectivity index (χ2v) is 6.03. The molecular weight excluding hydrogens is 322 g/mol. The van der Waals surface area contributed by atoms with Crippen LogP contribution in [0.2, 0.25) is 5.15 Å². The number of pyridine rings is 1. The van der Waals surface area contributed by atoms with Crippen molar-refractivity contribution in [1.82, 2.24) is 10.3 Å². The van der Waals surface area contributed by atoms with E-state index in [1.165, 1.54) is 13.0 Å². The molecule has 0 aliphatic carbocycles. The van der Waals surface area contributed by atoms with Crippen molar-refractivity contribution in [3.8, 4) is 11.8 Å². The Hall–Kier alpha value is -2.33. The van der Waals surface area contributed by atoms with Gasteiger partial charge in [0.15, 0.2) is 0 Å². The fraction of sp³-hybridized carbons (Fsp3) is 0.467. The summed E-state index contributed by atoms with van der Waals surface area (Å²) in [5, 5.41) is 13.5. The number of hydrogen-bond donors (Lipinski definition) is 1. The van der Waals surface area contributed by atoms with E-state index >= 15 is 0 Å². The monoisotopic (exact) mass is 339 g/mol. The number of carbonyl (C=O) groups is 1. The minimum absolute atomic E-state index is 0.112. The smallest absolute Gasteiger partial charge is 0.407 e. The molecule has 1 rings (SSSR count). The van der Waals surface area contributed by atoms with Crippen molar-refractivity contribution in [3.05, 3.63) is 32.6 Å². The quantitative estimate of drug-likeness (QED) is 0.300. The van der Waals surface area contributed by atoms with Crippen LogP contribution in [-0.4, -0.2) is 28.1 Å². The van der Waals surface area contributed by atoms with Crippen LogP contribution in [0.25, 0.3) is 0 Å². The molecule has 0 bridgehead atoms. The third-order valence-corrected chi connectivity index (χ3v) is 2.77. The van der Waals surface area contributed by atoms with Crippen molar-refractivity contribution in [2.24, 2.45) is 0 Å². The molecule has 1 aromatic rings. The molecule has 23 heavy (non-hydrogen) atoms. The van der Waals surface area contributed by atoms with E-state index in [9.17, 15) is 14.9 Å². The second-order valence-electron chi connectivity index (χ2n) is 5.67. The molecular formula is C15H18ClN3O4. The fourth-order valence-electron chi connectivity index (χ4n) is 1.54. The molecule has 7 nitrogen and oxygen atoms in total. The van der Waals surface area contributed by atoms with E-state index in [4.69, 9.17) is 16.3 Å². The van der Waals surface area contributed by atoms with Gasteiger partial charge in [0, 0.05) is 19.0 Å². The van der Waals surface area contributed by atoms with Crippen LogP contribution in [0.5, 0.6) is 0 Å². The van der Waals surface area contributed by atoms with E-state index in [-0.39, 0.29) is 22.1 Å². The summed E-state index contributed by atoms with van der Waals surface area (Å²) in [5.41, 5.74) is -0.181. The van der Waals surface area contributed by atoms with E-state index in [1.807, 2.05) is 0 Å². The summed E-state index contributed by atoms with van der Waals surface area (Å²) in [5.74, 6) is 5.50. The molecule has 1 amide bonds. The molecule has 0 unspecified atom stereocenters. The zero-order valence-corrected chi connectivity index (χ0v) is 14.2. The lowest BCUT2D eigenvalue weighted by molar-refractivity contribution is -0.385. The van der Waals surface area contributed by atoms with Gasteiger partial charge in [-0.25, -0.2) is 9.78 Å². The predicted octanol–water partition coefficient (Wildman–Crippen LogP) is 3.22. The van der Waals surface area contributed by atoms with Crippen LogP contribution in [0.15, 0.2) is 6.07 Å². The summed E-state index contributed by atoms with van der Waals surface area (Å²) in [6.07, 6.45) is -0.179. The Morgan fingerprint density at radius 3 is 2.74 bits per heavy atom. The predicted molar refractivity (Wildman–Crippen MR) is 86.4 cm³/mol. The van der Waals surface area contributed by atoms with E-state index in [0.29, 0.717) is 13.0 Å². The lowest BCUT2D eigenvalue weighted by atomic mass is 10.2. The molecule has 124 valence electrons. The highest BCUT2D eigenvalue weighted by atomic mass is 35.5. The van der Waals surface area contributed by atoms with Crippen LogP contribution in [-0.2, 0) is 4.74 Å². The Morgan fingerprint density at radius 1 is 1.52 bits per heavy atom. The first-order chi connectivity index (χ1) is 10.6. The highest BCUT2D eigenvalue weighted by Crippen LogP contribution is 2.22. The van der Waals surface area contributed by atoms with E-state index in [2.05, 4.69) is 22.1 Å².